The first kappa shape index (κ1) is 18.8. The van der Waals surface area contributed by atoms with Crippen LogP contribution in [0.25, 0.3) is 5.69 Å². The van der Waals surface area contributed by atoms with E-state index in [2.05, 4.69) is 5.10 Å². The van der Waals surface area contributed by atoms with Gasteiger partial charge in [-0.25, -0.2) is 9.48 Å². The fourth-order valence-corrected chi connectivity index (χ4v) is 2.54. The maximum atomic E-state index is 12.6. The summed E-state index contributed by atoms with van der Waals surface area (Å²) >= 11 is 6.03. The fraction of sp³-hybridized carbons (Fsp3) is 0.353. The number of aromatic nitrogens is 2. The van der Waals surface area contributed by atoms with Crippen LogP contribution in [0, 0.1) is 6.92 Å². The summed E-state index contributed by atoms with van der Waals surface area (Å²) in [5.74, 6) is -1.05. The number of esters is 2. The van der Waals surface area contributed by atoms with Crippen LogP contribution in [0.15, 0.2) is 23.0 Å². The van der Waals surface area contributed by atoms with Crippen molar-refractivity contribution in [1.29, 1.82) is 0 Å². The minimum absolute atomic E-state index is 0.125. The molecule has 0 bridgehead atoms. The Morgan fingerprint density at radius 1 is 1.20 bits per heavy atom. The molecular formula is C17H19ClN2O5. The normalized spacial score (nSPS) is 10.6. The Morgan fingerprint density at radius 2 is 1.88 bits per heavy atom. The van der Waals surface area contributed by atoms with Crippen LogP contribution in [0.2, 0.25) is 5.02 Å². The van der Waals surface area contributed by atoms with Crippen molar-refractivity contribution in [3.05, 3.63) is 50.4 Å². The summed E-state index contributed by atoms with van der Waals surface area (Å²) in [7, 11) is 0. The van der Waals surface area contributed by atoms with Gasteiger partial charge in [0.2, 0.25) is 0 Å². The average Bonchev–Trinajstić information content (AvgIpc) is 2.84. The number of benzene rings is 1. The molecule has 0 saturated heterocycles. The quantitative estimate of drug-likeness (QED) is 0.793. The smallest absolute Gasteiger partial charge is 0.339 e. The number of hydrogen-bond donors (Lipinski definition) is 1. The van der Waals surface area contributed by atoms with E-state index in [4.69, 9.17) is 21.1 Å². The SMILES string of the molecule is CCOC(=O)Cc1c(C)[nH]n(-c2ccc(Cl)c(C(=O)OCC)c2)c1=O. The predicted octanol–water partition coefficient (Wildman–Crippen LogP) is 2.41. The van der Waals surface area contributed by atoms with Crippen LogP contribution in [0.5, 0.6) is 0 Å². The molecule has 0 unspecified atom stereocenters. The topological polar surface area (TPSA) is 90.4 Å². The van der Waals surface area contributed by atoms with E-state index in [9.17, 15) is 14.4 Å². The summed E-state index contributed by atoms with van der Waals surface area (Å²) in [5.41, 5.74) is 1.04. The molecule has 0 saturated carbocycles. The highest BCUT2D eigenvalue weighted by molar-refractivity contribution is 6.33. The first-order valence-electron chi connectivity index (χ1n) is 7.82. The van der Waals surface area contributed by atoms with E-state index in [-0.39, 0.29) is 35.8 Å². The van der Waals surface area contributed by atoms with Crippen LogP contribution in [0.1, 0.15) is 35.5 Å². The zero-order valence-electron chi connectivity index (χ0n) is 14.2. The van der Waals surface area contributed by atoms with Gasteiger partial charge in [0.25, 0.3) is 5.56 Å². The number of rotatable bonds is 6. The Labute approximate surface area is 149 Å². The number of nitrogens with one attached hydrogen (secondary N) is 1. The number of nitrogens with zero attached hydrogens (tertiary/aromatic N) is 1. The van der Waals surface area contributed by atoms with Gasteiger partial charge < -0.3 is 9.47 Å². The summed E-state index contributed by atoms with van der Waals surface area (Å²) in [5, 5.41) is 3.12. The van der Waals surface area contributed by atoms with E-state index >= 15 is 0 Å². The van der Waals surface area contributed by atoms with E-state index in [1.807, 2.05) is 0 Å². The molecule has 0 aliphatic rings. The standard InChI is InChI=1S/C17H19ClN2O5/c1-4-24-15(21)9-12-10(3)19-20(16(12)22)11-6-7-14(18)13(8-11)17(23)25-5-2/h6-8,19H,4-5,9H2,1-3H3. The minimum Gasteiger partial charge on any atom is -0.466 e. The summed E-state index contributed by atoms with van der Waals surface area (Å²) in [6, 6.07) is 4.57. The van der Waals surface area contributed by atoms with Crippen LogP contribution in [-0.2, 0) is 20.7 Å². The second-order valence-corrected chi connectivity index (χ2v) is 5.63. The van der Waals surface area contributed by atoms with Crippen molar-refractivity contribution < 1.29 is 19.1 Å². The highest BCUT2D eigenvalue weighted by atomic mass is 35.5. The number of aryl methyl sites for hydroxylation is 1. The maximum absolute atomic E-state index is 12.6. The maximum Gasteiger partial charge on any atom is 0.339 e. The van der Waals surface area contributed by atoms with E-state index in [0.717, 1.165) is 0 Å². The molecule has 1 heterocycles. The van der Waals surface area contributed by atoms with E-state index in [0.29, 0.717) is 16.9 Å². The number of H-pyrrole nitrogens is 1. The van der Waals surface area contributed by atoms with Crippen LogP contribution in [0.3, 0.4) is 0 Å². The van der Waals surface area contributed by atoms with Crippen molar-refractivity contribution in [2.45, 2.75) is 27.2 Å². The lowest BCUT2D eigenvalue weighted by molar-refractivity contribution is -0.142. The molecule has 2 rings (SSSR count). The predicted molar refractivity (Wildman–Crippen MR) is 92.4 cm³/mol. The van der Waals surface area contributed by atoms with Gasteiger partial charge in [-0.3, -0.25) is 14.7 Å². The van der Waals surface area contributed by atoms with Gasteiger partial charge in [0, 0.05) is 5.69 Å². The van der Waals surface area contributed by atoms with Crippen molar-refractivity contribution in [2.75, 3.05) is 13.2 Å². The third-order valence-electron chi connectivity index (χ3n) is 3.52. The molecule has 7 nitrogen and oxygen atoms in total. The first-order chi connectivity index (χ1) is 11.9. The fourth-order valence-electron chi connectivity index (χ4n) is 2.35. The Hall–Kier alpha value is -2.54. The molecule has 1 N–H and O–H groups in total. The molecule has 0 aliphatic heterocycles. The molecule has 134 valence electrons. The Morgan fingerprint density at radius 3 is 2.52 bits per heavy atom. The van der Waals surface area contributed by atoms with Crippen molar-refractivity contribution >= 4 is 23.5 Å². The third-order valence-corrected chi connectivity index (χ3v) is 3.85. The Balaban J connectivity index is 2.43. The average molecular weight is 367 g/mol. The molecule has 8 heteroatoms. The van der Waals surface area contributed by atoms with Crippen LogP contribution < -0.4 is 5.56 Å². The lowest BCUT2D eigenvalue weighted by Gasteiger charge is -2.07. The Bertz CT molecular complexity index is 853. The van der Waals surface area contributed by atoms with Gasteiger partial charge in [-0.05, 0) is 39.0 Å². The summed E-state index contributed by atoms with van der Waals surface area (Å²) in [4.78, 5) is 36.2. The molecule has 0 spiro atoms. The van der Waals surface area contributed by atoms with E-state index < -0.39 is 11.9 Å². The van der Waals surface area contributed by atoms with Crippen LogP contribution in [-0.4, -0.2) is 34.9 Å². The van der Waals surface area contributed by atoms with Gasteiger partial charge in [0.15, 0.2) is 0 Å². The van der Waals surface area contributed by atoms with Crippen molar-refractivity contribution in [2.24, 2.45) is 0 Å². The van der Waals surface area contributed by atoms with Gasteiger partial charge in [-0.2, -0.15) is 0 Å². The third kappa shape index (κ3) is 4.11. The summed E-state index contributed by atoms with van der Waals surface area (Å²) in [6.07, 6.45) is -0.125. The second-order valence-electron chi connectivity index (χ2n) is 5.22. The zero-order chi connectivity index (χ0) is 18.6. The monoisotopic (exact) mass is 366 g/mol. The number of carbonyl (C=O) groups excluding carboxylic acids is 2. The zero-order valence-corrected chi connectivity index (χ0v) is 15.0. The molecule has 0 aliphatic carbocycles. The first-order valence-corrected chi connectivity index (χ1v) is 8.20. The molecule has 0 amide bonds. The number of halogens is 1. The number of ether oxygens (including phenoxy) is 2. The van der Waals surface area contributed by atoms with Crippen LogP contribution in [0.4, 0.5) is 0 Å². The van der Waals surface area contributed by atoms with Crippen molar-refractivity contribution in [3.63, 3.8) is 0 Å². The minimum atomic E-state index is -0.572. The van der Waals surface area contributed by atoms with Crippen molar-refractivity contribution in [3.8, 4) is 5.69 Å². The molecule has 0 atom stereocenters. The number of hydrogen-bond acceptors (Lipinski definition) is 5. The van der Waals surface area contributed by atoms with Gasteiger partial charge in [0.05, 0.1) is 41.5 Å². The number of carbonyl (C=O) groups is 2. The van der Waals surface area contributed by atoms with Gasteiger partial charge in [-0.1, -0.05) is 11.6 Å². The summed E-state index contributed by atoms with van der Waals surface area (Å²) in [6.45, 7) is 5.54. The van der Waals surface area contributed by atoms with E-state index in [1.54, 1.807) is 26.8 Å². The highest BCUT2D eigenvalue weighted by Crippen LogP contribution is 2.20. The van der Waals surface area contributed by atoms with Gasteiger partial charge >= 0.3 is 11.9 Å². The molecule has 1 aromatic heterocycles. The van der Waals surface area contributed by atoms with Gasteiger partial charge in [-0.15, -0.1) is 0 Å². The van der Waals surface area contributed by atoms with Crippen LogP contribution >= 0.6 is 11.6 Å². The lowest BCUT2D eigenvalue weighted by Crippen LogP contribution is -2.20. The molecule has 1 aromatic carbocycles. The Kier molecular flexibility index (Phi) is 6.03. The molecule has 0 radical (unpaired) electrons. The number of aromatic amines is 1. The largest absolute Gasteiger partial charge is 0.466 e. The van der Waals surface area contributed by atoms with Gasteiger partial charge in [0.1, 0.15) is 0 Å². The van der Waals surface area contributed by atoms with E-state index in [1.165, 1.54) is 16.8 Å². The summed E-state index contributed by atoms with van der Waals surface area (Å²) < 4.78 is 11.1. The molecule has 25 heavy (non-hydrogen) atoms. The molecule has 0 fully saturated rings. The van der Waals surface area contributed by atoms with Crippen molar-refractivity contribution in [1.82, 2.24) is 9.78 Å². The molecular weight excluding hydrogens is 348 g/mol. The second kappa shape index (κ2) is 8.02. The lowest BCUT2D eigenvalue weighted by atomic mass is 10.2. The molecule has 2 aromatic rings. The highest BCUT2D eigenvalue weighted by Gasteiger charge is 2.18.